The minimum absolute atomic E-state index is 0.0896. The van der Waals surface area contributed by atoms with E-state index in [9.17, 15) is 4.79 Å². The highest BCUT2D eigenvalue weighted by Gasteiger charge is 2.34. The van der Waals surface area contributed by atoms with E-state index in [-0.39, 0.29) is 11.9 Å². The van der Waals surface area contributed by atoms with Gasteiger partial charge in [-0.3, -0.25) is 9.48 Å². The molecule has 3 heterocycles. The van der Waals surface area contributed by atoms with Gasteiger partial charge in [-0.2, -0.15) is 5.10 Å². The molecule has 0 spiro atoms. The first kappa shape index (κ1) is 19.6. The average molecular weight is 413 g/mol. The molecule has 0 fully saturated rings. The van der Waals surface area contributed by atoms with E-state index in [1.54, 1.807) is 6.20 Å². The van der Waals surface area contributed by atoms with E-state index >= 15 is 0 Å². The van der Waals surface area contributed by atoms with Gasteiger partial charge in [-0.25, -0.2) is 0 Å². The van der Waals surface area contributed by atoms with E-state index in [0.717, 1.165) is 41.9 Å². The van der Waals surface area contributed by atoms with Crippen molar-refractivity contribution in [1.82, 2.24) is 19.7 Å². The Kier molecular flexibility index (Phi) is 5.10. The van der Waals surface area contributed by atoms with Crippen LogP contribution in [0.2, 0.25) is 0 Å². The second-order valence-electron chi connectivity index (χ2n) is 8.34. The predicted molar refractivity (Wildman–Crippen MR) is 123 cm³/mol. The number of hydrogen-bond acceptors (Lipinski definition) is 2. The molecule has 1 aliphatic heterocycles. The molecule has 5 nitrogen and oxygen atoms in total. The van der Waals surface area contributed by atoms with Gasteiger partial charge in [-0.05, 0) is 48.6 Å². The normalized spacial score (nSPS) is 15.9. The zero-order valence-electron chi connectivity index (χ0n) is 18.1. The number of aromatic amines is 1. The van der Waals surface area contributed by atoms with Gasteiger partial charge < -0.3 is 9.88 Å². The Morgan fingerprint density at radius 1 is 1.13 bits per heavy atom. The molecule has 1 atom stereocenters. The molecular formula is C26H28N4O. The number of rotatable bonds is 5. The van der Waals surface area contributed by atoms with Crippen LogP contribution in [0.1, 0.15) is 47.5 Å². The quantitative estimate of drug-likeness (QED) is 0.512. The van der Waals surface area contributed by atoms with E-state index in [1.807, 2.05) is 17.7 Å². The van der Waals surface area contributed by atoms with Crippen molar-refractivity contribution in [2.75, 3.05) is 6.54 Å². The first-order valence-electron chi connectivity index (χ1n) is 11.1. The second-order valence-corrected chi connectivity index (χ2v) is 8.34. The Labute approximate surface area is 182 Å². The van der Waals surface area contributed by atoms with Gasteiger partial charge in [0.05, 0.1) is 6.04 Å². The molecule has 1 aliphatic rings. The Balaban J connectivity index is 1.51. The third kappa shape index (κ3) is 3.54. The predicted octanol–water partition coefficient (Wildman–Crippen LogP) is 4.80. The highest BCUT2D eigenvalue weighted by atomic mass is 16.2. The number of aromatic nitrogens is 3. The number of H-pyrrole nitrogens is 1. The lowest BCUT2D eigenvalue weighted by Crippen LogP contribution is -2.41. The summed E-state index contributed by atoms with van der Waals surface area (Å²) >= 11 is 0. The zero-order chi connectivity index (χ0) is 21.4. The van der Waals surface area contributed by atoms with E-state index in [2.05, 4.69) is 70.4 Å². The Bertz CT molecular complexity index is 1220. The number of amides is 1. The summed E-state index contributed by atoms with van der Waals surface area (Å²) in [5, 5.41) is 5.60. The third-order valence-corrected chi connectivity index (χ3v) is 6.52. The summed E-state index contributed by atoms with van der Waals surface area (Å²) in [6.45, 7) is 5.52. The monoisotopic (exact) mass is 412 g/mol. The van der Waals surface area contributed by atoms with E-state index in [1.165, 1.54) is 16.5 Å². The molecule has 1 unspecified atom stereocenters. The van der Waals surface area contributed by atoms with Gasteiger partial charge in [0.2, 0.25) is 5.91 Å². The van der Waals surface area contributed by atoms with Crippen molar-refractivity contribution in [3.63, 3.8) is 0 Å². The molecule has 0 bridgehead atoms. The molecule has 5 rings (SSSR count). The van der Waals surface area contributed by atoms with Crippen LogP contribution in [0.4, 0.5) is 0 Å². The maximum Gasteiger partial charge on any atom is 0.225 e. The maximum atomic E-state index is 13.4. The zero-order valence-corrected chi connectivity index (χ0v) is 18.1. The molecule has 2 aromatic heterocycles. The summed E-state index contributed by atoms with van der Waals surface area (Å²) in [5.74, 6) is 0.170. The van der Waals surface area contributed by atoms with Crippen molar-refractivity contribution in [3.8, 4) is 0 Å². The number of benzene rings is 2. The highest BCUT2D eigenvalue weighted by molar-refractivity contribution is 5.86. The van der Waals surface area contributed by atoms with Gasteiger partial charge >= 0.3 is 0 Å². The molecule has 5 heteroatoms. The molecule has 0 saturated heterocycles. The highest BCUT2D eigenvalue weighted by Crippen LogP contribution is 2.38. The number of carbonyl (C=O) groups is 1. The Morgan fingerprint density at radius 2 is 1.94 bits per heavy atom. The molecular weight excluding hydrogens is 384 g/mol. The standard InChI is InChI=1S/C26H28N4O/c1-3-19-8-10-20(11-9-19)26-25-22(21-6-4-5-7-23(21)28-25)13-16-29(26)24(31)14-17-30-18(2)12-15-27-30/h4-12,15,26,28H,3,13-14,16-17H2,1-2H3. The topological polar surface area (TPSA) is 53.9 Å². The lowest BCUT2D eigenvalue weighted by Gasteiger charge is -2.36. The summed E-state index contributed by atoms with van der Waals surface area (Å²) in [5.41, 5.74) is 7.18. The van der Waals surface area contributed by atoms with Crippen molar-refractivity contribution >= 4 is 16.8 Å². The van der Waals surface area contributed by atoms with Crippen LogP contribution >= 0.6 is 0 Å². The van der Waals surface area contributed by atoms with Crippen molar-refractivity contribution in [1.29, 1.82) is 0 Å². The largest absolute Gasteiger partial charge is 0.356 e. The van der Waals surface area contributed by atoms with E-state index in [4.69, 9.17) is 0 Å². The molecule has 0 radical (unpaired) electrons. The number of hydrogen-bond donors (Lipinski definition) is 1. The third-order valence-electron chi connectivity index (χ3n) is 6.52. The van der Waals surface area contributed by atoms with Crippen LogP contribution in [0.25, 0.3) is 10.9 Å². The fourth-order valence-corrected chi connectivity index (χ4v) is 4.77. The van der Waals surface area contributed by atoms with Crippen molar-refractivity contribution < 1.29 is 4.79 Å². The molecule has 1 amide bonds. The van der Waals surface area contributed by atoms with Gasteiger partial charge in [0.15, 0.2) is 0 Å². The fraction of sp³-hybridized carbons (Fsp3) is 0.308. The number of fused-ring (bicyclic) bond motifs is 3. The van der Waals surface area contributed by atoms with Crippen LogP contribution in [-0.2, 0) is 24.2 Å². The molecule has 0 saturated carbocycles. The first-order valence-corrected chi connectivity index (χ1v) is 11.1. The van der Waals surface area contributed by atoms with Crippen molar-refractivity contribution in [2.24, 2.45) is 0 Å². The lowest BCUT2D eigenvalue weighted by molar-refractivity contribution is -0.133. The van der Waals surface area contributed by atoms with Gasteiger partial charge in [0, 0.05) is 48.0 Å². The summed E-state index contributed by atoms with van der Waals surface area (Å²) in [6.07, 6.45) is 4.11. The van der Waals surface area contributed by atoms with Gasteiger partial charge in [0.1, 0.15) is 0 Å². The van der Waals surface area contributed by atoms with Gasteiger partial charge in [-0.1, -0.05) is 49.4 Å². The number of aryl methyl sites for hydroxylation is 3. The minimum atomic E-state index is -0.0896. The van der Waals surface area contributed by atoms with Crippen molar-refractivity contribution in [2.45, 2.75) is 45.7 Å². The summed E-state index contributed by atoms with van der Waals surface area (Å²) in [4.78, 5) is 19.1. The molecule has 1 N–H and O–H groups in total. The smallest absolute Gasteiger partial charge is 0.225 e. The number of nitrogens with zero attached hydrogens (tertiary/aromatic N) is 3. The van der Waals surface area contributed by atoms with E-state index < -0.39 is 0 Å². The molecule has 31 heavy (non-hydrogen) atoms. The van der Waals surface area contributed by atoms with Crippen LogP contribution in [0.5, 0.6) is 0 Å². The van der Waals surface area contributed by atoms with Crippen LogP contribution in [0.15, 0.2) is 60.8 Å². The van der Waals surface area contributed by atoms with Gasteiger partial charge in [0.25, 0.3) is 0 Å². The molecule has 4 aromatic rings. The van der Waals surface area contributed by atoms with Crippen LogP contribution in [0.3, 0.4) is 0 Å². The Hall–Kier alpha value is -3.34. The van der Waals surface area contributed by atoms with Crippen LogP contribution in [-0.4, -0.2) is 32.1 Å². The summed E-state index contributed by atoms with van der Waals surface area (Å²) < 4.78 is 1.90. The first-order chi connectivity index (χ1) is 15.2. The number of carbonyl (C=O) groups excluding carboxylic acids is 1. The van der Waals surface area contributed by atoms with Crippen LogP contribution in [0, 0.1) is 6.92 Å². The fourth-order valence-electron chi connectivity index (χ4n) is 4.77. The molecule has 0 aliphatic carbocycles. The summed E-state index contributed by atoms with van der Waals surface area (Å²) in [6, 6.07) is 19.1. The average Bonchev–Trinajstić information content (AvgIpc) is 3.39. The maximum absolute atomic E-state index is 13.4. The number of nitrogens with one attached hydrogen (secondary N) is 1. The second kappa shape index (κ2) is 8.06. The Morgan fingerprint density at radius 3 is 2.68 bits per heavy atom. The van der Waals surface area contributed by atoms with E-state index in [0.29, 0.717) is 13.0 Å². The lowest BCUT2D eigenvalue weighted by atomic mass is 9.91. The SMILES string of the molecule is CCc1ccc(C2c3[nH]c4ccccc4c3CCN2C(=O)CCn2nccc2C)cc1. The molecule has 2 aromatic carbocycles. The van der Waals surface area contributed by atoms with Crippen LogP contribution < -0.4 is 0 Å². The number of para-hydroxylation sites is 1. The molecule has 158 valence electrons. The summed E-state index contributed by atoms with van der Waals surface area (Å²) in [7, 11) is 0. The van der Waals surface area contributed by atoms with Crippen molar-refractivity contribution in [3.05, 3.63) is 88.9 Å². The minimum Gasteiger partial charge on any atom is -0.356 e. The van der Waals surface area contributed by atoms with Gasteiger partial charge in [-0.15, -0.1) is 0 Å².